The number of methoxy groups -OCH3 is 4. The van der Waals surface area contributed by atoms with Gasteiger partial charge in [-0.15, -0.1) is 0 Å². The van der Waals surface area contributed by atoms with Crippen molar-refractivity contribution in [1.82, 2.24) is 0 Å². The molecule has 0 spiro atoms. The second kappa shape index (κ2) is 49.1. The Morgan fingerprint density at radius 3 is 1.00 bits per heavy atom. The smallest absolute Gasteiger partial charge is 0.438 e. The van der Waals surface area contributed by atoms with Crippen LogP contribution in [0.1, 0.15) is 0 Å². The first-order chi connectivity index (χ1) is 17.2. The van der Waals surface area contributed by atoms with Crippen molar-refractivity contribution in [3.8, 4) is 0 Å². The van der Waals surface area contributed by atoms with E-state index < -0.39 is 24.6 Å². The maximum absolute atomic E-state index is 10.0. The van der Waals surface area contributed by atoms with Crippen LogP contribution in [0.25, 0.3) is 0 Å². The van der Waals surface area contributed by atoms with Crippen molar-refractivity contribution in [2.24, 2.45) is 0 Å². The van der Waals surface area contributed by atoms with Crippen LogP contribution in [-0.2, 0) is 37.9 Å². The minimum absolute atomic E-state index is 0.00727. The molecule has 0 atom stereocenters. The van der Waals surface area contributed by atoms with Gasteiger partial charge in [0.15, 0.2) is 0 Å². The van der Waals surface area contributed by atoms with E-state index >= 15 is 0 Å². The Balaban J connectivity index is -0.0000000764. The molecule has 18 nitrogen and oxygen atoms in total. The summed E-state index contributed by atoms with van der Waals surface area (Å²) < 4.78 is 33.3. The lowest BCUT2D eigenvalue weighted by atomic mass is 10.8. The molecule has 0 radical (unpaired) electrons. The second-order valence-corrected chi connectivity index (χ2v) is 4.10. The normalized spacial score (nSPS) is 9.28. The SMILES string of the molecule is CO.CO.COC(=O)OC.COC(=O)OCCO.COC(=O)OCCO.O=C1OCCO1.OCCO. The molecule has 0 aromatic heterocycles. The van der Waals surface area contributed by atoms with Crippen LogP contribution in [0.5, 0.6) is 0 Å². The summed E-state index contributed by atoms with van der Waals surface area (Å²) in [6.07, 6.45) is -2.73. The molecule has 1 aliphatic rings. The van der Waals surface area contributed by atoms with Gasteiger partial charge in [0, 0.05) is 14.2 Å². The van der Waals surface area contributed by atoms with E-state index in [1.54, 1.807) is 0 Å². The third-order valence-electron chi connectivity index (χ3n) is 1.91. The molecule has 0 aromatic rings. The van der Waals surface area contributed by atoms with Gasteiger partial charge in [0.2, 0.25) is 0 Å². The van der Waals surface area contributed by atoms with Crippen molar-refractivity contribution in [2.75, 3.05) is 95.5 Å². The summed E-state index contributed by atoms with van der Waals surface area (Å²) in [6.45, 7) is 0.223. The lowest BCUT2D eigenvalue weighted by molar-refractivity contribution is 0.0579. The van der Waals surface area contributed by atoms with Crippen LogP contribution in [0.15, 0.2) is 0 Å². The molecule has 18 heteroatoms. The van der Waals surface area contributed by atoms with E-state index in [-0.39, 0.29) is 39.6 Å². The lowest BCUT2D eigenvalue weighted by Gasteiger charge is -1.97. The number of carbonyl (C=O) groups is 4. The third-order valence-corrected chi connectivity index (χ3v) is 1.91. The first-order valence-corrected chi connectivity index (χ1v) is 9.40. The zero-order valence-corrected chi connectivity index (χ0v) is 21.2. The molecule has 6 N–H and O–H groups in total. The van der Waals surface area contributed by atoms with Crippen LogP contribution in [-0.4, -0.2) is 151 Å². The minimum Gasteiger partial charge on any atom is -0.438 e. The zero-order valence-electron chi connectivity index (χ0n) is 21.2. The number of carbonyl (C=O) groups excluding carboxylic acids is 4. The lowest BCUT2D eigenvalue weighted by Crippen LogP contribution is -2.07. The van der Waals surface area contributed by atoms with Crippen LogP contribution >= 0.6 is 0 Å². The van der Waals surface area contributed by atoms with Gasteiger partial charge in [-0.2, -0.15) is 0 Å². The first kappa shape index (κ1) is 46.2. The largest absolute Gasteiger partial charge is 0.508 e. The summed E-state index contributed by atoms with van der Waals surface area (Å²) in [4.78, 5) is 39.6. The predicted octanol–water partition coefficient (Wildman–Crippen LogP) is -1.74. The molecule has 1 saturated heterocycles. The number of ether oxygens (including phenoxy) is 8. The Hall–Kier alpha value is -3.16. The predicted molar refractivity (Wildman–Crippen MR) is 118 cm³/mol. The molecular formula is C18H40O18. The summed E-state index contributed by atoms with van der Waals surface area (Å²) in [6, 6.07) is 0. The fourth-order valence-electron chi connectivity index (χ4n) is 0.751. The molecule has 1 fully saturated rings. The summed E-state index contributed by atoms with van der Waals surface area (Å²) in [5.41, 5.74) is 0. The molecule has 0 unspecified atom stereocenters. The molecule has 36 heavy (non-hydrogen) atoms. The van der Waals surface area contributed by atoms with Crippen LogP contribution in [0.4, 0.5) is 19.2 Å². The summed E-state index contributed by atoms with van der Waals surface area (Å²) >= 11 is 0. The van der Waals surface area contributed by atoms with E-state index in [2.05, 4.69) is 37.9 Å². The van der Waals surface area contributed by atoms with Crippen LogP contribution in [0.3, 0.4) is 0 Å². The van der Waals surface area contributed by atoms with Gasteiger partial charge in [-0.1, -0.05) is 0 Å². The van der Waals surface area contributed by atoms with Gasteiger partial charge in [0.05, 0.1) is 54.9 Å². The fraction of sp³-hybridized carbons (Fsp3) is 0.778. The quantitative estimate of drug-likeness (QED) is 0.166. The number of aliphatic hydroxyl groups excluding tert-OH is 6. The van der Waals surface area contributed by atoms with Gasteiger partial charge >= 0.3 is 24.6 Å². The standard InChI is InChI=1S/2C4H8O4.C3H4O3.C3H6O3.C2H6O2.2CH4O/c2*1-7-4(6)8-3-2-5;4-3-5-1-2-6-3;1-5-3(4)6-2;3-1-2-4;2*1-2/h2*5H,2-3H2,1H3;1-2H2;1-2H3;3-4H,1-2H2;2*2H,1H3. The third kappa shape index (κ3) is 63.2. The number of aliphatic hydroxyl groups is 6. The summed E-state index contributed by atoms with van der Waals surface area (Å²) in [7, 11) is 6.93. The van der Waals surface area contributed by atoms with Gasteiger partial charge in [-0.05, 0) is 0 Å². The zero-order chi connectivity index (χ0) is 29.6. The topological polar surface area (TPSA) is 263 Å². The molecule has 1 heterocycles. The van der Waals surface area contributed by atoms with Gasteiger partial charge in [0.25, 0.3) is 0 Å². The Labute approximate surface area is 208 Å². The van der Waals surface area contributed by atoms with E-state index in [1.807, 2.05) is 0 Å². The number of rotatable bonds is 5. The number of hydrogen-bond donors (Lipinski definition) is 6. The second-order valence-electron chi connectivity index (χ2n) is 4.10. The highest BCUT2D eigenvalue weighted by molar-refractivity contribution is 5.61. The van der Waals surface area contributed by atoms with Crippen molar-refractivity contribution in [2.45, 2.75) is 0 Å². The highest BCUT2D eigenvalue weighted by Crippen LogP contribution is 1.92. The van der Waals surface area contributed by atoms with Crippen molar-refractivity contribution in [3.63, 3.8) is 0 Å². The highest BCUT2D eigenvalue weighted by atomic mass is 16.8. The average molecular weight is 545 g/mol. The molecule has 220 valence electrons. The Kier molecular flexibility index (Phi) is 63.0. The van der Waals surface area contributed by atoms with Crippen molar-refractivity contribution in [3.05, 3.63) is 0 Å². The minimum atomic E-state index is -0.765. The Morgan fingerprint density at radius 2 is 0.889 bits per heavy atom. The maximum atomic E-state index is 10.0. The van der Waals surface area contributed by atoms with Crippen LogP contribution < -0.4 is 0 Å². The molecule has 1 aliphatic heterocycles. The van der Waals surface area contributed by atoms with E-state index in [1.165, 1.54) is 28.4 Å². The van der Waals surface area contributed by atoms with Crippen LogP contribution in [0.2, 0.25) is 0 Å². The number of cyclic esters (lactones) is 2. The number of hydrogen-bond acceptors (Lipinski definition) is 18. The molecule has 0 bridgehead atoms. The van der Waals surface area contributed by atoms with Gasteiger partial charge in [0.1, 0.15) is 26.4 Å². The van der Waals surface area contributed by atoms with E-state index in [4.69, 9.17) is 30.6 Å². The van der Waals surface area contributed by atoms with Crippen molar-refractivity contribution in [1.29, 1.82) is 0 Å². The Bertz CT molecular complexity index is 408. The van der Waals surface area contributed by atoms with Crippen molar-refractivity contribution >= 4 is 24.6 Å². The molecule has 0 amide bonds. The molecule has 0 aromatic carbocycles. The molecule has 1 rings (SSSR count). The molecule has 0 saturated carbocycles. The van der Waals surface area contributed by atoms with Crippen molar-refractivity contribution < 1.29 is 87.7 Å². The molecule has 0 aliphatic carbocycles. The molecular weight excluding hydrogens is 504 g/mol. The summed E-state index contributed by atoms with van der Waals surface area (Å²) in [5.74, 6) is 0. The fourth-order valence-corrected chi connectivity index (χ4v) is 0.751. The Morgan fingerprint density at radius 1 is 0.611 bits per heavy atom. The maximum Gasteiger partial charge on any atom is 0.508 e. The van der Waals surface area contributed by atoms with E-state index in [0.717, 1.165) is 14.2 Å². The summed E-state index contributed by atoms with van der Waals surface area (Å²) in [5, 5.41) is 45.4. The average Bonchev–Trinajstić information content (AvgIpc) is 3.43. The van der Waals surface area contributed by atoms with Gasteiger partial charge in [-0.25, -0.2) is 19.2 Å². The van der Waals surface area contributed by atoms with Gasteiger partial charge in [-0.3, -0.25) is 0 Å². The first-order valence-electron chi connectivity index (χ1n) is 9.40. The van der Waals surface area contributed by atoms with Crippen LogP contribution in [0, 0.1) is 0 Å². The van der Waals surface area contributed by atoms with Gasteiger partial charge < -0.3 is 68.5 Å². The van der Waals surface area contributed by atoms with E-state index in [9.17, 15) is 19.2 Å². The highest BCUT2D eigenvalue weighted by Gasteiger charge is 2.09. The monoisotopic (exact) mass is 544 g/mol. The van der Waals surface area contributed by atoms with E-state index in [0.29, 0.717) is 13.2 Å².